The Balaban J connectivity index is 1.63. The molecule has 0 aliphatic carbocycles. The maximum absolute atomic E-state index is 12.0. The van der Waals surface area contributed by atoms with Crippen molar-refractivity contribution in [1.82, 2.24) is 30.1 Å². The molecular weight excluding hydrogens is 302 g/mol. The summed E-state index contributed by atoms with van der Waals surface area (Å²) in [4.78, 5) is 15.0. The van der Waals surface area contributed by atoms with E-state index in [0.717, 1.165) is 5.69 Å². The number of aromatic nitrogens is 5. The van der Waals surface area contributed by atoms with Gasteiger partial charge in [0, 0.05) is 7.05 Å². The van der Waals surface area contributed by atoms with Crippen LogP contribution < -0.4 is 5.32 Å². The standard InChI is InChI=1S/C13H13N7OS/c1-19(13(21)16-12-17-14-9-22-12)8-10-7-15-20(18-10)11-5-3-2-4-6-11/h2-7,9H,8H2,1H3,(H,16,17,21). The Kier molecular flexibility index (Phi) is 4.05. The Hall–Kier alpha value is -2.81. The summed E-state index contributed by atoms with van der Waals surface area (Å²) in [5.74, 6) is 0. The first-order valence-corrected chi connectivity index (χ1v) is 7.35. The van der Waals surface area contributed by atoms with Gasteiger partial charge in [0.15, 0.2) is 0 Å². The minimum atomic E-state index is -0.272. The van der Waals surface area contributed by atoms with Crippen LogP contribution in [0.25, 0.3) is 5.69 Å². The van der Waals surface area contributed by atoms with E-state index in [0.29, 0.717) is 17.4 Å². The lowest BCUT2D eigenvalue weighted by molar-refractivity contribution is 0.220. The molecule has 2 amide bonds. The molecule has 0 radical (unpaired) electrons. The average molecular weight is 315 g/mol. The van der Waals surface area contributed by atoms with Gasteiger partial charge in [0.05, 0.1) is 18.4 Å². The minimum Gasteiger partial charge on any atom is -0.321 e. The number of urea groups is 1. The van der Waals surface area contributed by atoms with E-state index in [1.54, 1.807) is 18.8 Å². The number of anilines is 1. The number of carbonyl (C=O) groups is 1. The first-order valence-electron chi connectivity index (χ1n) is 6.47. The van der Waals surface area contributed by atoms with Gasteiger partial charge in [0.25, 0.3) is 0 Å². The van der Waals surface area contributed by atoms with E-state index in [2.05, 4.69) is 25.7 Å². The van der Waals surface area contributed by atoms with Crippen molar-refractivity contribution in [3.63, 3.8) is 0 Å². The molecule has 8 nitrogen and oxygen atoms in total. The number of rotatable bonds is 4. The Morgan fingerprint density at radius 2 is 2.18 bits per heavy atom. The summed E-state index contributed by atoms with van der Waals surface area (Å²) in [6.07, 6.45) is 1.64. The van der Waals surface area contributed by atoms with Crippen LogP contribution in [0.15, 0.2) is 42.0 Å². The highest BCUT2D eigenvalue weighted by Gasteiger charge is 2.13. The van der Waals surface area contributed by atoms with E-state index >= 15 is 0 Å². The monoisotopic (exact) mass is 315 g/mol. The molecule has 0 spiro atoms. The summed E-state index contributed by atoms with van der Waals surface area (Å²) < 4.78 is 0. The van der Waals surface area contributed by atoms with Gasteiger partial charge in [-0.05, 0) is 12.1 Å². The number of para-hydroxylation sites is 1. The number of hydrogen-bond acceptors (Lipinski definition) is 6. The number of nitrogens with one attached hydrogen (secondary N) is 1. The lowest BCUT2D eigenvalue weighted by atomic mass is 10.3. The van der Waals surface area contributed by atoms with Gasteiger partial charge in [0.2, 0.25) is 5.13 Å². The normalized spacial score (nSPS) is 10.4. The maximum atomic E-state index is 12.0. The second-order valence-corrected chi connectivity index (χ2v) is 5.32. The van der Waals surface area contributed by atoms with Crippen LogP contribution in [0, 0.1) is 0 Å². The van der Waals surface area contributed by atoms with Gasteiger partial charge in [-0.3, -0.25) is 5.32 Å². The molecule has 0 saturated carbocycles. The van der Waals surface area contributed by atoms with Gasteiger partial charge >= 0.3 is 6.03 Å². The molecule has 3 aromatic rings. The van der Waals surface area contributed by atoms with Gasteiger partial charge in [-0.15, -0.1) is 10.2 Å². The summed E-state index contributed by atoms with van der Waals surface area (Å²) in [6, 6.07) is 9.32. The molecule has 1 aromatic carbocycles. The van der Waals surface area contributed by atoms with Crippen LogP contribution in [0.5, 0.6) is 0 Å². The Bertz CT molecular complexity index is 741. The molecule has 3 rings (SSSR count). The highest BCUT2D eigenvalue weighted by molar-refractivity contribution is 7.13. The van der Waals surface area contributed by atoms with E-state index < -0.39 is 0 Å². The summed E-state index contributed by atoms with van der Waals surface area (Å²) in [5.41, 5.74) is 3.12. The number of carbonyl (C=O) groups excluding carboxylic acids is 1. The molecule has 22 heavy (non-hydrogen) atoms. The minimum absolute atomic E-state index is 0.272. The number of amides is 2. The number of nitrogens with zero attached hydrogens (tertiary/aromatic N) is 6. The van der Waals surface area contributed by atoms with Crippen molar-refractivity contribution in [2.45, 2.75) is 6.54 Å². The third kappa shape index (κ3) is 3.26. The summed E-state index contributed by atoms with van der Waals surface area (Å²) >= 11 is 1.26. The molecular formula is C13H13N7OS. The van der Waals surface area contributed by atoms with E-state index in [4.69, 9.17) is 0 Å². The van der Waals surface area contributed by atoms with Crippen molar-refractivity contribution in [2.75, 3.05) is 12.4 Å². The van der Waals surface area contributed by atoms with Crippen molar-refractivity contribution in [3.8, 4) is 5.69 Å². The van der Waals surface area contributed by atoms with Crippen LogP contribution in [0.2, 0.25) is 0 Å². The Labute approximate surface area is 130 Å². The van der Waals surface area contributed by atoms with Crippen LogP contribution in [-0.4, -0.2) is 43.2 Å². The van der Waals surface area contributed by atoms with Gasteiger partial charge < -0.3 is 4.90 Å². The molecule has 0 aliphatic rings. The van der Waals surface area contributed by atoms with Crippen molar-refractivity contribution >= 4 is 22.5 Å². The molecule has 9 heteroatoms. The third-order valence-electron chi connectivity index (χ3n) is 2.85. The smallest absolute Gasteiger partial charge is 0.321 e. The predicted octanol–water partition coefficient (Wildman–Crippen LogP) is 1.78. The first-order chi connectivity index (χ1) is 10.7. The zero-order valence-electron chi connectivity index (χ0n) is 11.7. The molecule has 2 aromatic heterocycles. The lowest BCUT2D eigenvalue weighted by Crippen LogP contribution is -2.31. The van der Waals surface area contributed by atoms with Gasteiger partial charge in [-0.25, -0.2) is 4.79 Å². The fourth-order valence-electron chi connectivity index (χ4n) is 1.78. The lowest BCUT2D eigenvalue weighted by Gasteiger charge is -2.14. The number of hydrogen-bond donors (Lipinski definition) is 1. The van der Waals surface area contributed by atoms with Gasteiger partial charge in [0.1, 0.15) is 11.2 Å². The van der Waals surface area contributed by atoms with Crippen molar-refractivity contribution in [1.29, 1.82) is 0 Å². The fourth-order valence-corrected chi connectivity index (χ4v) is 2.22. The molecule has 2 heterocycles. The zero-order valence-corrected chi connectivity index (χ0v) is 12.6. The van der Waals surface area contributed by atoms with Crippen molar-refractivity contribution < 1.29 is 4.79 Å². The van der Waals surface area contributed by atoms with Gasteiger partial charge in [-0.1, -0.05) is 29.5 Å². The Morgan fingerprint density at radius 3 is 2.91 bits per heavy atom. The molecule has 0 atom stereocenters. The third-order valence-corrected chi connectivity index (χ3v) is 3.45. The van der Waals surface area contributed by atoms with Crippen LogP contribution >= 0.6 is 11.3 Å². The molecule has 0 aliphatic heterocycles. The summed E-state index contributed by atoms with van der Waals surface area (Å²) in [7, 11) is 1.68. The molecule has 0 fully saturated rings. The fraction of sp³-hybridized carbons (Fsp3) is 0.154. The average Bonchev–Trinajstić information content (AvgIpc) is 3.20. The molecule has 0 saturated heterocycles. The highest BCUT2D eigenvalue weighted by Crippen LogP contribution is 2.10. The van der Waals surface area contributed by atoms with Gasteiger partial charge in [-0.2, -0.15) is 15.0 Å². The van der Waals surface area contributed by atoms with Crippen LogP contribution in [0.4, 0.5) is 9.93 Å². The topological polar surface area (TPSA) is 88.8 Å². The van der Waals surface area contributed by atoms with Crippen LogP contribution in [-0.2, 0) is 6.54 Å². The van der Waals surface area contributed by atoms with Crippen LogP contribution in [0.3, 0.4) is 0 Å². The maximum Gasteiger partial charge on any atom is 0.323 e. The van der Waals surface area contributed by atoms with Crippen molar-refractivity contribution in [3.05, 3.63) is 47.7 Å². The van der Waals surface area contributed by atoms with Crippen LogP contribution in [0.1, 0.15) is 5.69 Å². The summed E-state index contributed by atoms with van der Waals surface area (Å²) in [5, 5.41) is 19.1. The molecule has 112 valence electrons. The molecule has 0 bridgehead atoms. The highest BCUT2D eigenvalue weighted by atomic mass is 32.1. The zero-order chi connectivity index (χ0) is 15.4. The largest absolute Gasteiger partial charge is 0.323 e. The molecule has 1 N–H and O–H groups in total. The Morgan fingerprint density at radius 1 is 1.36 bits per heavy atom. The predicted molar refractivity (Wildman–Crippen MR) is 81.8 cm³/mol. The summed E-state index contributed by atoms with van der Waals surface area (Å²) in [6.45, 7) is 0.345. The van der Waals surface area contributed by atoms with E-state index in [1.165, 1.54) is 21.0 Å². The van der Waals surface area contributed by atoms with E-state index in [-0.39, 0.29) is 6.03 Å². The van der Waals surface area contributed by atoms with Crippen molar-refractivity contribution in [2.24, 2.45) is 0 Å². The second-order valence-electron chi connectivity index (χ2n) is 4.49. The SMILES string of the molecule is CN(Cc1cnn(-c2ccccc2)n1)C(=O)Nc1nncs1. The molecule has 0 unspecified atom stereocenters. The van der Waals surface area contributed by atoms with E-state index in [1.807, 2.05) is 30.3 Å². The second kappa shape index (κ2) is 6.31. The number of benzene rings is 1. The van der Waals surface area contributed by atoms with E-state index in [9.17, 15) is 4.79 Å². The first kappa shape index (κ1) is 14.1. The quantitative estimate of drug-likeness (QED) is 0.793.